The highest BCUT2D eigenvalue weighted by Crippen LogP contribution is 2.23. The molecule has 0 radical (unpaired) electrons. The van der Waals surface area contributed by atoms with Crippen molar-refractivity contribution >= 4 is 52.6 Å². The standard InChI is InChI=1S/C25H26IN7O2/c26-21-11-2-1-10-20(21)22(34)35-19-9-7-8-18(16-19)17-27-31-23-28-24(32-12-3-4-13-32)30-25(29-23)33-14-5-6-15-33/h1-2,7-11,16-17H,3-6,12-15H2,(H,28,29,30,31)/b27-17-. The first kappa shape index (κ1) is 23.5. The van der Waals surface area contributed by atoms with Crippen LogP contribution >= 0.6 is 22.6 Å². The van der Waals surface area contributed by atoms with Gasteiger partial charge in [-0.25, -0.2) is 10.2 Å². The predicted molar refractivity (Wildman–Crippen MR) is 144 cm³/mol. The number of anilines is 3. The van der Waals surface area contributed by atoms with Gasteiger partial charge in [-0.05, 0) is 78.1 Å². The van der Waals surface area contributed by atoms with E-state index in [1.807, 2.05) is 30.3 Å². The summed E-state index contributed by atoms with van der Waals surface area (Å²) in [5.41, 5.74) is 4.27. The minimum atomic E-state index is -0.392. The summed E-state index contributed by atoms with van der Waals surface area (Å²) in [6.45, 7) is 3.83. The Morgan fingerprint density at radius 2 is 1.57 bits per heavy atom. The molecule has 2 fully saturated rings. The number of benzene rings is 2. The van der Waals surface area contributed by atoms with Crippen molar-refractivity contribution in [3.05, 3.63) is 63.2 Å². The Bertz CT molecular complexity index is 1190. The number of hydrogen-bond acceptors (Lipinski definition) is 9. The van der Waals surface area contributed by atoms with Gasteiger partial charge in [-0.2, -0.15) is 20.1 Å². The summed E-state index contributed by atoms with van der Waals surface area (Å²) >= 11 is 2.13. The molecule has 9 nitrogen and oxygen atoms in total. The molecule has 0 bridgehead atoms. The Morgan fingerprint density at radius 1 is 0.914 bits per heavy atom. The van der Waals surface area contributed by atoms with Gasteiger partial charge in [0.15, 0.2) is 0 Å². The molecular formula is C25H26IN7O2. The normalized spacial score (nSPS) is 15.7. The molecule has 2 aliphatic heterocycles. The Labute approximate surface area is 217 Å². The second-order valence-corrected chi connectivity index (χ2v) is 9.62. The van der Waals surface area contributed by atoms with Crippen LogP contribution in [0.2, 0.25) is 0 Å². The van der Waals surface area contributed by atoms with Gasteiger partial charge in [-0.3, -0.25) is 0 Å². The second kappa shape index (κ2) is 11.0. The Morgan fingerprint density at radius 3 is 2.23 bits per heavy atom. The quantitative estimate of drug-likeness (QED) is 0.144. The monoisotopic (exact) mass is 583 g/mol. The number of rotatable bonds is 7. The molecule has 0 saturated carbocycles. The van der Waals surface area contributed by atoms with Gasteiger partial charge >= 0.3 is 5.97 Å². The van der Waals surface area contributed by atoms with E-state index in [-0.39, 0.29) is 0 Å². The van der Waals surface area contributed by atoms with Crippen molar-refractivity contribution in [3.8, 4) is 5.75 Å². The molecule has 180 valence electrons. The lowest BCUT2D eigenvalue weighted by Crippen LogP contribution is -2.25. The van der Waals surface area contributed by atoms with E-state index in [2.05, 4.69) is 52.9 Å². The maximum Gasteiger partial charge on any atom is 0.344 e. The van der Waals surface area contributed by atoms with Gasteiger partial charge in [-0.1, -0.05) is 24.3 Å². The highest BCUT2D eigenvalue weighted by molar-refractivity contribution is 14.1. The van der Waals surface area contributed by atoms with Gasteiger partial charge in [0.2, 0.25) is 17.8 Å². The molecule has 0 aliphatic carbocycles. The summed E-state index contributed by atoms with van der Waals surface area (Å²) in [5.74, 6) is 1.87. The average Bonchev–Trinajstić information content (AvgIpc) is 3.59. The van der Waals surface area contributed by atoms with Gasteiger partial charge in [0, 0.05) is 29.7 Å². The lowest BCUT2D eigenvalue weighted by atomic mass is 10.2. The third kappa shape index (κ3) is 5.87. The molecular weight excluding hydrogens is 557 g/mol. The van der Waals surface area contributed by atoms with Gasteiger partial charge in [0.05, 0.1) is 11.8 Å². The average molecular weight is 583 g/mol. The van der Waals surface area contributed by atoms with E-state index in [0.29, 0.717) is 29.2 Å². The summed E-state index contributed by atoms with van der Waals surface area (Å²) < 4.78 is 6.41. The summed E-state index contributed by atoms with van der Waals surface area (Å²) in [4.78, 5) is 30.8. The number of esters is 1. The molecule has 1 N–H and O–H groups in total. The SMILES string of the molecule is O=C(Oc1cccc(/C=N\Nc2nc(N3CCCC3)nc(N3CCCC3)n2)c1)c1ccccc1I. The van der Waals surface area contributed by atoms with Crippen molar-refractivity contribution in [2.24, 2.45) is 5.10 Å². The molecule has 0 spiro atoms. The topological polar surface area (TPSA) is 95.8 Å². The van der Waals surface area contributed by atoms with E-state index in [1.165, 1.54) is 0 Å². The fraction of sp³-hybridized carbons (Fsp3) is 0.320. The van der Waals surface area contributed by atoms with Crippen molar-refractivity contribution in [1.29, 1.82) is 0 Å². The number of carbonyl (C=O) groups excluding carboxylic acids is 1. The minimum absolute atomic E-state index is 0.392. The van der Waals surface area contributed by atoms with Crippen molar-refractivity contribution in [2.75, 3.05) is 41.4 Å². The zero-order valence-electron chi connectivity index (χ0n) is 19.2. The van der Waals surface area contributed by atoms with E-state index in [9.17, 15) is 4.79 Å². The molecule has 0 atom stereocenters. The zero-order chi connectivity index (χ0) is 24.0. The number of hydrogen-bond donors (Lipinski definition) is 1. The molecule has 0 unspecified atom stereocenters. The first-order chi connectivity index (χ1) is 17.2. The summed E-state index contributed by atoms with van der Waals surface area (Å²) in [6, 6.07) is 14.5. The third-order valence-electron chi connectivity index (χ3n) is 5.93. The molecule has 2 saturated heterocycles. The van der Waals surface area contributed by atoms with Crippen LogP contribution in [0.25, 0.3) is 0 Å². The smallest absolute Gasteiger partial charge is 0.344 e. The van der Waals surface area contributed by atoms with Crippen LogP contribution in [0.4, 0.5) is 17.8 Å². The maximum atomic E-state index is 12.5. The molecule has 5 rings (SSSR count). The van der Waals surface area contributed by atoms with Crippen LogP contribution < -0.4 is 20.0 Å². The lowest BCUT2D eigenvalue weighted by Gasteiger charge is -2.20. The van der Waals surface area contributed by atoms with Crippen LogP contribution in [-0.4, -0.2) is 53.3 Å². The molecule has 2 aromatic carbocycles. The van der Waals surface area contributed by atoms with E-state index in [0.717, 1.165) is 61.0 Å². The number of halogens is 1. The third-order valence-corrected chi connectivity index (χ3v) is 6.87. The van der Waals surface area contributed by atoms with Crippen LogP contribution in [-0.2, 0) is 0 Å². The number of nitrogens with zero attached hydrogens (tertiary/aromatic N) is 6. The van der Waals surface area contributed by atoms with Gasteiger partial charge in [-0.15, -0.1) is 0 Å². The van der Waals surface area contributed by atoms with E-state index >= 15 is 0 Å². The highest BCUT2D eigenvalue weighted by atomic mass is 127. The van der Waals surface area contributed by atoms with Crippen molar-refractivity contribution in [3.63, 3.8) is 0 Å². The molecule has 3 heterocycles. The van der Waals surface area contributed by atoms with Crippen LogP contribution in [0.5, 0.6) is 5.75 Å². The molecule has 3 aromatic rings. The second-order valence-electron chi connectivity index (χ2n) is 8.46. The number of carbonyl (C=O) groups is 1. The van der Waals surface area contributed by atoms with Crippen LogP contribution in [0, 0.1) is 3.57 Å². The van der Waals surface area contributed by atoms with E-state index in [1.54, 1.807) is 24.4 Å². The fourth-order valence-corrected chi connectivity index (χ4v) is 4.74. The van der Waals surface area contributed by atoms with E-state index in [4.69, 9.17) is 9.72 Å². The minimum Gasteiger partial charge on any atom is -0.423 e. The molecule has 1 aromatic heterocycles. The zero-order valence-corrected chi connectivity index (χ0v) is 21.4. The first-order valence-electron chi connectivity index (χ1n) is 11.8. The Hall–Kier alpha value is -3.28. The Balaban J connectivity index is 1.29. The van der Waals surface area contributed by atoms with Crippen molar-refractivity contribution < 1.29 is 9.53 Å². The van der Waals surface area contributed by atoms with Gasteiger partial charge < -0.3 is 14.5 Å². The summed E-state index contributed by atoms with van der Waals surface area (Å²) in [7, 11) is 0. The Kier molecular flexibility index (Phi) is 7.36. The van der Waals surface area contributed by atoms with Crippen molar-refractivity contribution in [2.45, 2.75) is 25.7 Å². The first-order valence-corrected chi connectivity index (χ1v) is 12.9. The summed E-state index contributed by atoms with van der Waals surface area (Å²) in [5, 5.41) is 4.33. The number of aromatic nitrogens is 3. The largest absolute Gasteiger partial charge is 0.423 e. The van der Waals surface area contributed by atoms with Crippen molar-refractivity contribution in [1.82, 2.24) is 15.0 Å². The molecule has 10 heteroatoms. The maximum absolute atomic E-state index is 12.5. The van der Waals surface area contributed by atoms with Crippen LogP contribution in [0.1, 0.15) is 41.6 Å². The van der Waals surface area contributed by atoms with Crippen LogP contribution in [0.3, 0.4) is 0 Å². The lowest BCUT2D eigenvalue weighted by molar-refractivity contribution is 0.0733. The van der Waals surface area contributed by atoms with Gasteiger partial charge in [0.25, 0.3) is 0 Å². The van der Waals surface area contributed by atoms with E-state index < -0.39 is 5.97 Å². The molecule has 0 amide bonds. The number of hydrazone groups is 1. The van der Waals surface area contributed by atoms with Gasteiger partial charge in [0.1, 0.15) is 5.75 Å². The molecule has 35 heavy (non-hydrogen) atoms. The number of nitrogens with one attached hydrogen (secondary N) is 1. The number of ether oxygens (including phenoxy) is 1. The predicted octanol–water partition coefficient (Wildman–Crippen LogP) is 4.34. The fourth-order valence-electron chi connectivity index (χ4n) is 4.13. The molecule has 2 aliphatic rings. The highest BCUT2D eigenvalue weighted by Gasteiger charge is 2.21. The van der Waals surface area contributed by atoms with Crippen LogP contribution in [0.15, 0.2) is 53.6 Å². The summed E-state index contributed by atoms with van der Waals surface area (Å²) in [6.07, 6.45) is 6.25.